The summed E-state index contributed by atoms with van der Waals surface area (Å²) in [6.45, 7) is 7.01. The molecule has 8 heteroatoms. The molecule has 0 aromatic carbocycles. The minimum absolute atomic E-state index is 0.0360. The SMILES string of the molecule is CC(C)(C)c1noc(C23CCC(CN(C(=O)CC45CC(F)(C4)C5)c4cncc(Br)c4)(CC2)CC3)n1. The van der Waals surface area contributed by atoms with Crippen LogP contribution in [0.3, 0.4) is 0 Å². The first kappa shape index (κ1) is 23.6. The third kappa shape index (κ3) is 3.94. The summed E-state index contributed by atoms with van der Waals surface area (Å²) in [5, 5.41) is 4.29. The number of anilines is 1. The number of aromatic nitrogens is 3. The van der Waals surface area contributed by atoms with E-state index >= 15 is 0 Å². The maximum Gasteiger partial charge on any atom is 0.232 e. The molecule has 2 aromatic heterocycles. The van der Waals surface area contributed by atoms with E-state index < -0.39 is 5.67 Å². The Morgan fingerprint density at radius 3 is 2.29 bits per heavy atom. The predicted molar refractivity (Wildman–Crippen MR) is 134 cm³/mol. The van der Waals surface area contributed by atoms with E-state index in [0.717, 1.165) is 60.4 Å². The lowest BCUT2D eigenvalue weighted by Crippen LogP contribution is -2.65. The molecule has 4 bridgehead atoms. The van der Waals surface area contributed by atoms with Gasteiger partial charge in [0.1, 0.15) is 5.67 Å². The Morgan fingerprint density at radius 2 is 1.74 bits per heavy atom. The average molecular weight is 545 g/mol. The van der Waals surface area contributed by atoms with Gasteiger partial charge in [-0.3, -0.25) is 9.78 Å². The highest BCUT2D eigenvalue weighted by Crippen LogP contribution is 2.71. The number of pyridine rings is 1. The predicted octanol–water partition coefficient (Wildman–Crippen LogP) is 6.43. The average Bonchev–Trinajstić information content (AvgIpc) is 3.29. The third-order valence-electron chi connectivity index (χ3n) is 9.35. The molecule has 0 saturated heterocycles. The molecule has 8 rings (SSSR count). The van der Waals surface area contributed by atoms with Crippen LogP contribution >= 0.6 is 15.9 Å². The maximum absolute atomic E-state index is 14.1. The van der Waals surface area contributed by atoms with Gasteiger partial charge in [0.15, 0.2) is 5.82 Å². The molecular formula is C27H34BrFN4O2. The van der Waals surface area contributed by atoms with Crippen LogP contribution in [0, 0.1) is 10.8 Å². The fraction of sp³-hybridized carbons (Fsp3) is 0.704. The van der Waals surface area contributed by atoms with Crippen LogP contribution in [0.25, 0.3) is 0 Å². The minimum atomic E-state index is -0.987. The van der Waals surface area contributed by atoms with Crippen LogP contribution in [0.2, 0.25) is 0 Å². The number of fused-ring (bicyclic) bond motifs is 3. The molecule has 35 heavy (non-hydrogen) atoms. The molecule has 2 heterocycles. The van der Waals surface area contributed by atoms with E-state index in [2.05, 4.69) is 46.8 Å². The van der Waals surface area contributed by atoms with Gasteiger partial charge in [-0.05, 0) is 90.6 Å². The second-order valence-corrected chi connectivity index (χ2v) is 14.1. The van der Waals surface area contributed by atoms with Gasteiger partial charge < -0.3 is 9.42 Å². The van der Waals surface area contributed by atoms with Crippen LogP contribution in [0.1, 0.15) is 96.7 Å². The van der Waals surface area contributed by atoms with Crippen molar-refractivity contribution in [3.8, 4) is 0 Å². The number of carbonyl (C=O) groups excluding carboxylic acids is 1. The fourth-order valence-electron chi connectivity index (χ4n) is 7.24. The number of hydrogen-bond acceptors (Lipinski definition) is 5. The number of amides is 1. The van der Waals surface area contributed by atoms with Crippen molar-refractivity contribution < 1.29 is 13.7 Å². The molecule has 0 radical (unpaired) electrons. The van der Waals surface area contributed by atoms with Gasteiger partial charge in [-0.25, -0.2) is 4.39 Å². The van der Waals surface area contributed by atoms with E-state index in [9.17, 15) is 9.18 Å². The highest BCUT2D eigenvalue weighted by molar-refractivity contribution is 9.10. The largest absolute Gasteiger partial charge is 0.339 e. The summed E-state index contributed by atoms with van der Waals surface area (Å²) < 4.78 is 20.8. The van der Waals surface area contributed by atoms with Crippen molar-refractivity contribution in [1.82, 2.24) is 15.1 Å². The van der Waals surface area contributed by atoms with Crippen molar-refractivity contribution in [2.45, 2.75) is 101 Å². The van der Waals surface area contributed by atoms with Gasteiger partial charge in [0.2, 0.25) is 11.8 Å². The second kappa shape index (κ2) is 7.59. The Kier molecular flexibility index (Phi) is 5.11. The van der Waals surface area contributed by atoms with E-state index in [4.69, 9.17) is 9.51 Å². The monoisotopic (exact) mass is 544 g/mol. The van der Waals surface area contributed by atoms with Crippen molar-refractivity contribution >= 4 is 27.5 Å². The first-order chi connectivity index (χ1) is 16.4. The third-order valence-corrected chi connectivity index (χ3v) is 9.78. The molecular weight excluding hydrogens is 511 g/mol. The van der Waals surface area contributed by atoms with Crippen molar-refractivity contribution in [3.05, 3.63) is 34.6 Å². The van der Waals surface area contributed by atoms with Crippen LogP contribution < -0.4 is 4.90 Å². The Hall–Kier alpha value is -1.83. The summed E-state index contributed by atoms with van der Waals surface area (Å²) >= 11 is 3.52. The molecule has 0 spiro atoms. The summed E-state index contributed by atoms with van der Waals surface area (Å²) in [7, 11) is 0. The number of alkyl halides is 1. The molecule has 6 aliphatic rings. The Balaban J connectivity index is 1.20. The van der Waals surface area contributed by atoms with Crippen molar-refractivity contribution in [2.24, 2.45) is 10.8 Å². The highest BCUT2D eigenvalue weighted by atomic mass is 79.9. The number of rotatable bonds is 6. The van der Waals surface area contributed by atoms with Gasteiger partial charge in [-0.2, -0.15) is 4.98 Å². The zero-order valence-corrected chi connectivity index (χ0v) is 22.5. The smallest absolute Gasteiger partial charge is 0.232 e. The molecule has 1 amide bonds. The first-order valence-corrected chi connectivity index (χ1v) is 13.7. The van der Waals surface area contributed by atoms with Gasteiger partial charge in [0.25, 0.3) is 0 Å². The lowest BCUT2D eigenvalue weighted by atomic mass is 9.41. The van der Waals surface area contributed by atoms with E-state index in [1.165, 1.54) is 0 Å². The molecule has 2 aromatic rings. The quantitative estimate of drug-likeness (QED) is 0.418. The first-order valence-electron chi connectivity index (χ1n) is 12.9. The Bertz CT molecular complexity index is 1130. The normalized spacial score (nSPS) is 35.3. The van der Waals surface area contributed by atoms with Crippen LogP contribution in [-0.2, 0) is 15.6 Å². The van der Waals surface area contributed by atoms with Gasteiger partial charge in [0.05, 0.1) is 11.9 Å². The van der Waals surface area contributed by atoms with Gasteiger partial charge in [-0.15, -0.1) is 0 Å². The van der Waals surface area contributed by atoms with E-state index in [1.807, 2.05) is 11.0 Å². The summed E-state index contributed by atoms with van der Waals surface area (Å²) in [6.07, 6.45) is 11.7. The van der Waals surface area contributed by atoms with Gasteiger partial charge >= 0.3 is 0 Å². The summed E-state index contributed by atoms with van der Waals surface area (Å²) in [6, 6.07) is 1.97. The van der Waals surface area contributed by atoms with Gasteiger partial charge in [0, 0.05) is 34.5 Å². The van der Waals surface area contributed by atoms with Crippen LogP contribution in [-0.4, -0.2) is 33.2 Å². The minimum Gasteiger partial charge on any atom is -0.339 e. The summed E-state index contributed by atoms with van der Waals surface area (Å²) in [4.78, 5) is 24.8. The fourth-order valence-corrected chi connectivity index (χ4v) is 7.59. The van der Waals surface area contributed by atoms with Crippen molar-refractivity contribution in [1.29, 1.82) is 0 Å². The lowest BCUT2D eigenvalue weighted by molar-refractivity contribution is -0.215. The van der Waals surface area contributed by atoms with E-state index in [0.29, 0.717) is 32.2 Å². The standard InChI is InChI=1S/C27H34BrFN4O2/c1-23(2,3)21-31-22(35-32-21)26-7-4-24(5-8-26,6-9-26)17-33(19-10-18(28)12-30-13-19)20(34)11-25-14-27(29,15-25)16-25/h10,12-13H,4-9,11,14-17H2,1-3H3. The molecule has 0 aliphatic heterocycles. The lowest BCUT2D eigenvalue weighted by Gasteiger charge is -2.66. The van der Waals surface area contributed by atoms with Gasteiger partial charge in [-0.1, -0.05) is 25.9 Å². The van der Waals surface area contributed by atoms with Crippen LogP contribution in [0.15, 0.2) is 27.5 Å². The highest BCUT2D eigenvalue weighted by Gasteiger charge is 2.69. The number of carbonyl (C=O) groups is 1. The number of halogens is 2. The van der Waals surface area contributed by atoms with E-state index in [-0.39, 0.29) is 27.6 Å². The molecule has 188 valence electrons. The Labute approximate surface area is 214 Å². The molecule has 0 atom stereocenters. The topological polar surface area (TPSA) is 72.1 Å². The second-order valence-electron chi connectivity index (χ2n) is 13.2. The van der Waals surface area contributed by atoms with E-state index in [1.54, 1.807) is 12.4 Å². The van der Waals surface area contributed by atoms with Crippen molar-refractivity contribution in [2.75, 3.05) is 11.4 Å². The van der Waals surface area contributed by atoms with Crippen LogP contribution in [0.4, 0.5) is 10.1 Å². The molecule has 0 unspecified atom stereocenters. The molecule has 6 saturated carbocycles. The van der Waals surface area contributed by atoms with Crippen molar-refractivity contribution in [3.63, 3.8) is 0 Å². The Morgan fingerprint density at radius 1 is 1.09 bits per heavy atom. The molecule has 6 aliphatic carbocycles. The molecule has 6 fully saturated rings. The van der Waals surface area contributed by atoms with Crippen LogP contribution in [0.5, 0.6) is 0 Å². The molecule has 0 N–H and O–H groups in total. The summed E-state index contributed by atoms with van der Waals surface area (Å²) in [5.41, 5.74) is -0.364. The zero-order chi connectivity index (χ0) is 24.7. The molecule has 6 nitrogen and oxygen atoms in total. The zero-order valence-electron chi connectivity index (χ0n) is 20.9. The maximum atomic E-state index is 14.1. The number of hydrogen-bond donors (Lipinski definition) is 0. The summed E-state index contributed by atoms with van der Waals surface area (Å²) in [5.74, 6) is 1.67. The number of nitrogens with zero attached hydrogens (tertiary/aromatic N) is 4.